The van der Waals surface area contributed by atoms with Gasteiger partial charge in [0.1, 0.15) is 0 Å². The van der Waals surface area contributed by atoms with Gasteiger partial charge in [0.15, 0.2) is 4.77 Å². The minimum absolute atomic E-state index is 0.497. The van der Waals surface area contributed by atoms with E-state index in [4.69, 9.17) is 23.8 Å². The summed E-state index contributed by atoms with van der Waals surface area (Å²) >= 11 is 11.6. The molecule has 3 rings (SSSR count). The Kier molecular flexibility index (Phi) is 4.13. The van der Waals surface area contributed by atoms with Crippen molar-refractivity contribution in [3.63, 3.8) is 0 Å². The van der Waals surface area contributed by atoms with Gasteiger partial charge >= 0.3 is 0 Å². The fourth-order valence-corrected chi connectivity index (χ4v) is 3.15. The van der Waals surface area contributed by atoms with Gasteiger partial charge in [-0.2, -0.15) is 0 Å². The molecule has 1 unspecified atom stereocenters. The Bertz CT molecular complexity index is 805. The molecule has 0 saturated carbocycles. The second kappa shape index (κ2) is 6.04. The van der Waals surface area contributed by atoms with E-state index in [9.17, 15) is 0 Å². The van der Waals surface area contributed by atoms with Crippen LogP contribution in [0.4, 0.5) is 0 Å². The standard InChI is InChI=1S/C17H17ClN2S/c1-12(13-6-3-2-4-7-13)10-11-20-15-9-5-8-14(18)16(15)19-17(20)21/h2-9,12H,10-11H2,1H3,(H,19,21). The first kappa shape index (κ1) is 14.4. The van der Waals surface area contributed by atoms with E-state index in [1.807, 2.05) is 18.2 Å². The van der Waals surface area contributed by atoms with Crippen molar-refractivity contribution in [3.05, 3.63) is 63.9 Å². The van der Waals surface area contributed by atoms with Crippen molar-refractivity contribution in [2.75, 3.05) is 0 Å². The van der Waals surface area contributed by atoms with Gasteiger partial charge in [0.25, 0.3) is 0 Å². The third-order valence-electron chi connectivity index (χ3n) is 3.91. The molecule has 0 bridgehead atoms. The molecule has 2 aromatic carbocycles. The van der Waals surface area contributed by atoms with E-state index in [-0.39, 0.29) is 0 Å². The predicted octanol–water partition coefficient (Wildman–Crippen LogP) is 5.55. The van der Waals surface area contributed by atoms with Gasteiger partial charge in [-0.25, -0.2) is 0 Å². The first-order valence-electron chi connectivity index (χ1n) is 7.09. The van der Waals surface area contributed by atoms with Gasteiger partial charge in [-0.1, -0.05) is 54.9 Å². The fourth-order valence-electron chi connectivity index (χ4n) is 2.64. The number of aromatic nitrogens is 2. The van der Waals surface area contributed by atoms with Crippen LogP contribution in [0.3, 0.4) is 0 Å². The average Bonchev–Trinajstić information content (AvgIpc) is 2.83. The van der Waals surface area contributed by atoms with Crippen LogP contribution in [-0.2, 0) is 6.54 Å². The van der Waals surface area contributed by atoms with Crippen molar-refractivity contribution >= 4 is 34.9 Å². The first-order chi connectivity index (χ1) is 10.2. The number of aryl methyl sites for hydroxylation is 1. The van der Waals surface area contributed by atoms with E-state index < -0.39 is 0 Å². The minimum atomic E-state index is 0.497. The summed E-state index contributed by atoms with van der Waals surface area (Å²) in [5.74, 6) is 0.497. The summed E-state index contributed by atoms with van der Waals surface area (Å²) < 4.78 is 2.87. The molecule has 1 N–H and O–H groups in total. The number of aromatic amines is 1. The van der Waals surface area contributed by atoms with E-state index in [1.54, 1.807) is 0 Å². The largest absolute Gasteiger partial charge is 0.329 e. The highest BCUT2D eigenvalue weighted by Crippen LogP contribution is 2.25. The summed E-state index contributed by atoms with van der Waals surface area (Å²) in [5.41, 5.74) is 3.37. The van der Waals surface area contributed by atoms with Crippen molar-refractivity contribution in [1.82, 2.24) is 9.55 Å². The quantitative estimate of drug-likeness (QED) is 0.626. The molecule has 2 nitrogen and oxygen atoms in total. The van der Waals surface area contributed by atoms with Gasteiger partial charge in [-0.3, -0.25) is 0 Å². The number of nitrogens with one attached hydrogen (secondary N) is 1. The van der Waals surface area contributed by atoms with Gasteiger partial charge in [0, 0.05) is 6.54 Å². The molecule has 0 saturated heterocycles. The van der Waals surface area contributed by atoms with Crippen LogP contribution < -0.4 is 0 Å². The van der Waals surface area contributed by atoms with E-state index in [0.717, 1.165) is 28.8 Å². The second-order valence-electron chi connectivity index (χ2n) is 5.32. The number of nitrogens with zero attached hydrogens (tertiary/aromatic N) is 1. The topological polar surface area (TPSA) is 20.7 Å². The molecule has 0 aliphatic heterocycles. The molecular weight excluding hydrogens is 300 g/mol. The molecule has 0 aliphatic rings. The molecular formula is C17H17ClN2S. The SMILES string of the molecule is CC(CCn1c(=S)[nH]c2c(Cl)cccc21)c1ccccc1. The maximum atomic E-state index is 6.21. The van der Waals surface area contributed by atoms with Gasteiger partial charge in [0.05, 0.1) is 16.1 Å². The number of hydrogen-bond donors (Lipinski definition) is 1. The van der Waals surface area contributed by atoms with E-state index in [1.165, 1.54) is 5.56 Å². The highest BCUT2D eigenvalue weighted by Gasteiger charge is 2.10. The molecule has 0 amide bonds. The second-order valence-corrected chi connectivity index (χ2v) is 6.11. The number of hydrogen-bond acceptors (Lipinski definition) is 1. The summed E-state index contributed by atoms with van der Waals surface area (Å²) in [6.45, 7) is 3.13. The Balaban J connectivity index is 1.84. The van der Waals surface area contributed by atoms with Crippen LogP contribution in [-0.4, -0.2) is 9.55 Å². The van der Waals surface area contributed by atoms with Crippen LogP contribution in [0.15, 0.2) is 48.5 Å². The maximum absolute atomic E-state index is 6.21. The molecule has 1 atom stereocenters. The monoisotopic (exact) mass is 316 g/mol. The summed E-state index contributed by atoms with van der Waals surface area (Å²) in [4.78, 5) is 3.20. The lowest BCUT2D eigenvalue weighted by Gasteiger charge is -2.12. The zero-order valence-electron chi connectivity index (χ0n) is 11.8. The van der Waals surface area contributed by atoms with E-state index in [0.29, 0.717) is 10.9 Å². The molecule has 21 heavy (non-hydrogen) atoms. The number of H-pyrrole nitrogens is 1. The van der Waals surface area contributed by atoms with E-state index in [2.05, 4.69) is 46.8 Å². The lowest BCUT2D eigenvalue weighted by atomic mass is 9.98. The van der Waals surface area contributed by atoms with Gasteiger partial charge < -0.3 is 9.55 Å². The lowest BCUT2D eigenvalue weighted by molar-refractivity contribution is 0.582. The summed E-state index contributed by atoms with van der Waals surface area (Å²) in [5, 5.41) is 0.716. The Morgan fingerprint density at radius 3 is 2.67 bits per heavy atom. The van der Waals surface area contributed by atoms with Crippen LogP contribution in [0.25, 0.3) is 11.0 Å². The number of rotatable bonds is 4. The molecule has 4 heteroatoms. The van der Waals surface area contributed by atoms with Gasteiger partial charge in [-0.05, 0) is 42.3 Å². The normalized spacial score (nSPS) is 12.7. The molecule has 0 fully saturated rings. The molecule has 0 radical (unpaired) electrons. The average molecular weight is 317 g/mol. The zero-order chi connectivity index (χ0) is 14.8. The number of fused-ring (bicyclic) bond motifs is 1. The number of imidazole rings is 1. The third kappa shape index (κ3) is 2.89. The van der Waals surface area contributed by atoms with Crippen molar-refractivity contribution in [3.8, 4) is 0 Å². The number of benzene rings is 2. The highest BCUT2D eigenvalue weighted by atomic mass is 35.5. The Morgan fingerprint density at radius 1 is 1.14 bits per heavy atom. The molecule has 0 spiro atoms. The van der Waals surface area contributed by atoms with Crippen molar-refractivity contribution in [2.24, 2.45) is 0 Å². The molecule has 1 aromatic heterocycles. The van der Waals surface area contributed by atoms with Crippen molar-refractivity contribution in [1.29, 1.82) is 0 Å². The number of halogens is 1. The molecule has 1 heterocycles. The summed E-state index contributed by atoms with van der Waals surface area (Å²) in [6, 6.07) is 16.5. The zero-order valence-corrected chi connectivity index (χ0v) is 13.4. The maximum Gasteiger partial charge on any atom is 0.178 e. The first-order valence-corrected chi connectivity index (χ1v) is 7.87. The van der Waals surface area contributed by atoms with Crippen LogP contribution in [0, 0.1) is 4.77 Å². The summed E-state index contributed by atoms with van der Waals surface area (Å²) in [6.07, 6.45) is 1.04. The molecule has 3 aromatic rings. The molecule has 0 aliphatic carbocycles. The fraction of sp³-hybridized carbons (Fsp3) is 0.235. The third-order valence-corrected chi connectivity index (χ3v) is 4.55. The van der Waals surface area contributed by atoms with E-state index >= 15 is 0 Å². The van der Waals surface area contributed by atoms with Crippen LogP contribution in [0.1, 0.15) is 24.8 Å². The highest BCUT2D eigenvalue weighted by molar-refractivity contribution is 7.71. The van der Waals surface area contributed by atoms with Crippen LogP contribution >= 0.6 is 23.8 Å². The molecule has 108 valence electrons. The van der Waals surface area contributed by atoms with Crippen molar-refractivity contribution in [2.45, 2.75) is 25.8 Å². The van der Waals surface area contributed by atoms with Crippen molar-refractivity contribution < 1.29 is 0 Å². The smallest absolute Gasteiger partial charge is 0.178 e. The lowest BCUT2D eigenvalue weighted by Crippen LogP contribution is -2.03. The van der Waals surface area contributed by atoms with Gasteiger partial charge in [-0.15, -0.1) is 0 Å². The summed E-state index contributed by atoms with van der Waals surface area (Å²) in [7, 11) is 0. The predicted molar refractivity (Wildman–Crippen MR) is 91.6 cm³/mol. The minimum Gasteiger partial charge on any atom is -0.329 e. The van der Waals surface area contributed by atoms with Crippen LogP contribution in [0.2, 0.25) is 5.02 Å². The van der Waals surface area contributed by atoms with Gasteiger partial charge in [0.2, 0.25) is 0 Å². The number of para-hydroxylation sites is 1. The Hall–Kier alpha value is -1.58. The Labute approximate surface area is 134 Å². The van der Waals surface area contributed by atoms with Crippen LogP contribution in [0.5, 0.6) is 0 Å². The Morgan fingerprint density at radius 2 is 1.90 bits per heavy atom.